The summed E-state index contributed by atoms with van der Waals surface area (Å²) in [6.45, 7) is 12.5. The van der Waals surface area contributed by atoms with E-state index in [9.17, 15) is 9.90 Å². The normalized spacial score (nSPS) is 50.7. The van der Waals surface area contributed by atoms with Gasteiger partial charge in [-0.2, -0.15) is 0 Å². The number of hydrogen-bond acceptors (Lipinski definition) is 4. The third kappa shape index (κ3) is 4.51. The van der Waals surface area contributed by atoms with Gasteiger partial charge in [-0.1, -0.05) is 39.3 Å². The molecule has 2 N–H and O–H groups in total. The van der Waals surface area contributed by atoms with Crippen LogP contribution in [0.2, 0.25) is 0 Å². The molecular formula is C38H58N2O3. The summed E-state index contributed by atoms with van der Waals surface area (Å²) in [7, 11) is 0. The van der Waals surface area contributed by atoms with Crippen LogP contribution >= 0.6 is 0 Å². The van der Waals surface area contributed by atoms with Crippen LogP contribution in [0.5, 0.6) is 0 Å². The van der Waals surface area contributed by atoms with Crippen LogP contribution in [-0.2, 0) is 9.53 Å². The minimum Gasteiger partial charge on any atom is -0.481 e. The van der Waals surface area contributed by atoms with Crippen molar-refractivity contribution >= 4 is 5.97 Å². The van der Waals surface area contributed by atoms with Gasteiger partial charge in [-0.25, -0.2) is 0 Å². The number of ether oxygens (including phenoxy) is 1. The first-order chi connectivity index (χ1) is 20.7. The van der Waals surface area contributed by atoms with Crippen LogP contribution in [0.1, 0.15) is 111 Å². The van der Waals surface area contributed by atoms with Crippen molar-refractivity contribution in [2.75, 3.05) is 26.2 Å². The molecular weight excluding hydrogens is 532 g/mol. The number of aliphatic carboxylic acids is 1. The Morgan fingerprint density at radius 1 is 1.02 bits per heavy atom. The van der Waals surface area contributed by atoms with Gasteiger partial charge >= 0.3 is 5.97 Å². The number of carbonyl (C=O) groups is 1. The molecule has 0 spiro atoms. The maximum Gasteiger partial charge on any atom is 0.306 e. The summed E-state index contributed by atoms with van der Waals surface area (Å²) in [5, 5.41) is 13.8. The van der Waals surface area contributed by atoms with Crippen molar-refractivity contribution in [2.45, 2.75) is 128 Å². The maximum atomic E-state index is 11.5. The summed E-state index contributed by atoms with van der Waals surface area (Å²) >= 11 is 0. The number of nitrogens with zero attached hydrogens (tertiary/aromatic N) is 1. The fraction of sp³-hybridized carbons (Fsp3) is 0.868. The summed E-state index contributed by atoms with van der Waals surface area (Å²) in [5.41, 5.74) is 4.36. The zero-order valence-electron chi connectivity index (χ0n) is 27.3. The van der Waals surface area contributed by atoms with Crippen molar-refractivity contribution in [3.05, 3.63) is 23.3 Å². The highest BCUT2D eigenvalue weighted by Crippen LogP contribution is 2.70. The van der Waals surface area contributed by atoms with E-state index in [4.69, 9.17) is 4.74 Å². The summed E-state index contributed by atoms with van der Waals surface area (Å²) in [5.74, 6) is 4.12. The van der Waals surface area contributed by atoms with E-state index in [-0.39, 0.29) is 5.92 Å². The summed E-state index contributed by atoms with van der Waals surface area (Å²) in [6.07, 6.45) is 23.2. The number of carboxylic acids is 1. The molecule has 6 aliphatic carbocycles. The molecule has 2 heterocycles. The molecule has 8 rings (SSSR count). The molecule has 0 amide bonds. The summed E-state index contributed by atoms with van der Waals surface area (Å²) in [4.78, 5) is 14.2. The molecule has 2 saturated heterocycles. The lowest BCUT2D eigenvalue weighted by Gasteiger charge is -2.67. The first-order valence-electron chi connectivity index (χ1n) is 18.4. The molecule has 238 valence electrons. The molecule has 2 bridgehead atoms. The Morgan fingerprint density at radius 3 is 2.63 bits per heavy atom. The highest BCUT2D eigenvalue weighted by atomic mass is 16.5. The lowest BCUT2D eigenvalue weighted by atomic mass is 9.38. The van der Waals surface area contributed by atoms with Crippen LogP contribution < -0.4 is 5.32 Å². The van der Waals surface area contributed by atoms with Gasteiger partial charge in [0.15, 0.2) is 0 Å². The third-order valence-corrected chi connectivity index (χ3v) is 15.7. The fourth-order valence-corrected chi connectivity index (χ4v) is 13.7. The Kier molecular flexibility index (Phi) is 7.27. The lowest BCUT2D eigenvalue weighted by molar-refractivity contribution is -0.166. The molecule has 6 fully saturated rings. The highest BCUT2D eigenvalue weighted by molar-refractivity contribution is 5.70. The van der Waals surface area contributed by atoms with Gasteiger partial charge in [0, 0.05) is 31.2 Å². The number of nitrogens with one attached hydrogen (secondary N) is 1. The van der Waals surface area contributed by atoms with E-state index in [1.165, 1.54) is 82.7 Å². The van der Waals surface area contributed by atoms with Gasteiger partial charge in [-0.05, 0) is 141 Å². The molecule has 0 radical (unpaired) electrons. The average molecular weight is 591 g/mol. The maximum absolute atomic E-state index is 11.5. The van der Waals surface area contributed by atoms with Crippen LogP contribution in [0.4, 0.5) is 0 Å². The predicted molar refractivity (Wildman–Crippen MR) is 171 cm³/mol. The Bertz CT molecular complexity index is 1180. The Hall–Kier alpha value is -1.17. The van der Waals surface area contributed by atoms with E-state index in [0.29, 0.717) is 40.9 Å². The van der Waals surface area contributed by atoms with Crippen molar-refractivity contribution < 1.29 is 14.6 Å². The van der Waals surface area contributed by atoms with Gasteiger partial charge in [0.25, 0.3) is 0 Å². The van der Waals surface area contributed by atoms with Crippen LogP contribution in [0.3, 0.4) is 0 Å². The first-order valence-corrected chi connectivity index (χ1v) is 18.4. The van der Waals surface area contributed by atoms with E-state index in [1.807, 2.05) is 0 Å². The van der Waals surface area contributed by atoms with E-state index < -0.39 is 5.97 Å². The molecule has 12 atom stereocenters. The number of fused-ring (bicyclic) bond motifs is 9. The van der Waals surface area contributed by atoms with Gasteiger partial charge in [0.2, 0.25) is 0 Å². The highest BCUT2D eigenvalue weighted by Gasteiger charge is 2.64. The Labute approximate surface area is 260 Å². The van der Waals surface area contributed by atoms with Crippen molar-refractivity contribution in [1.29, 1.82) is 0 Å². The second kappa shape index (κ2) is 10.7. The molecule has 5 heteroatoms. The monoisotopic (exact) mass is 590 g/mol. The number of likely N-dealkylation sites (tertiary alicyclic amines) is 1. The number of carboxylic acid groups (broad SMARTS) is 1. The van der Waals surface area contributed by atoms with E-state index in [2.05, 4.69) is 43.1 Å². The standard InChI is InChI=1S/C38H58N2O3/c1-24-29(25-6-8-26(9-7-25)35(41)42)12-16-36(2)31(24)13-17-37(3)32-14-18-38(15-4-5-33(38)30(32)10-11-34(36)37)39-19-20-40-22-28-21-27(40)23-43-28/h6,12,24,26-28,30-34,39H,4-5,7-11,13-23H2,1-3H3,(H,41,42)/t24?,26?,27?,28?,30?,31?,32?,33-,34?,36?,37?,38?/m1/s1. The van der Waals surface area contributed by atoms with Crippen molar-refractivity contribution in [1.82, 2.24) is 10.2 Å². The zero-order chi connectivity index (χ0) is 29.6. The molecule has 0 aromatic carbocycles. The number of rotatable bonds is 6. The van der Waals surface area contributed by atoms with Crippen molar-refractivity contribution in [3.63, 3.8) is 0 Å². The van der Waals surface area contributed by atoms with Crippen LogP contribution in [-0.4, -0.2) is 59.9 Å². The third-order valence-electron chi connectivity index (χ3n) is 15.7. The molecule has 8 aliphatic rings. The topological polar surface area (TPSA) is 61.8 Å². The number of allylic oxidation sites excluding steroid dienone is 4. The second-order valence-electron chi connectivity index (χ2n) is 17.2. The minimum atomic E-state index is -0.617. The fourth-order valence-electron chi connectivity index (χ4n) is 13.7. The smallest absolute Gasteiger partial charge is 0.306 e. The van der Waals surface area contributed by atoms with Crippen LogP contribution in [0.15, 0.2) is 23.3 Å². The molecule has 2 aliphatic heterocycles. The first kappa shape index (κ1) is 29.2. The minimum absolute atomic E-state index is 0.182. The van der Waals surface area contributed by atoms with Crippen LogP contribution in [0, 0.1) is 52.3 Å². The molecule has 4 saturated carbocycles. The quantitative estimate of drug-likeness (QED) is 0.342. The average Bonchev–Trinajstić information content (AvgIpc) is 3.74. The molecule has 0 aromatic rings. The van der Waals surface area contributed by atoms with E-state index in [1.54, 1.807) is 5.57 Å². The van der Waals surface area contributed by atoms with Gasteiger partial charge in [-0.15, -0.1) is 0 Å². The lowest BCUT2D eigenvalue weighted by Crippen LogP contribution is -2.63. The van der Waals surface area contributed by atoms with E-state index in [0.717, 1.165) is 62.1 Å². The molecule has 5 nitrogen and oxygen atoms in total. The summed E-state index contributed by atoms with van der Waals surface area (Å²) < 4.78 is 5.86. The Balaban J connectivity index is 0.969. The van der Waals surface area contributed by atoms with Crippen LogP contribution in [0.25, 0.3) is 0 Å². The number of morpholine rings is 1. The van der Waals surface area contributed by atoms with Gasteiger partial charge in [-0.3, -0.25) is 9.69 Å². The largest absolute Gasteiger partial charge is 0.481 e. The summed E-state index contributed by atoms with van der Waals surface area (Å²) in [6, 6.07) is 0.684. The number of hydrogen-bond donors (Lipinski definition) is 2. The van der Waals surface area contributed by atoms with Gasteiger partial charge in [0.1, 0.15) is 0 Å². The molecule has 43 heavy (non-hydrogen) atoms. The van der Waals surface area contributed by atoms with E-state index >= 15 is 0 Å². The predicted octanol–water partition coefficient (Wildman–Crippen LogP) is 7.22. The molecule has 11 unspecified atom stereocenters. The second-order valence-corrected chi connectivity index (χ2v) is 17.2. The van der Waals surface area contributed by atoms with Gasteiger partial charge < -0.3 is 15.2 Å². The van der Waals surface area contributed by atoms with Crippen molar-refractivity contribution in [2.24, 2.45) is 52.3 Å². The van der Waals surface area contributed by atoms with Gasteiger partial charge in [0.05, 0.1) is 18.6 Å². The molecule has 0 aromatic heterocycles. The SMILES string of the molecule is CC1C(C2=CCC(C(=O)O)CC2)=CCC2(C)C1CCC1(C)C3CCC4(NCCN5CC6CC5CO6)CCC[C@@H]4C3CCC21. The Morgan fingerprint density at radius 2 is 1.88 bits per heavy atom. The zero-order valence-corrected chi connectivity index (χ0v) is 27.3. The van der Waals surface area contributed by atoms with Crippen molar-refractivity contribution in [3.8, 4) is 0 Å².